The number of fused-ring (bicyclic) bond motifs is 6. The third-order valence-electron chi connectivity index (χ3n) is 7.06. The van der Waals surface area contributed by atoms with Crippen LogP contribution in [0.1, 0.15) is 37.7 Å². The van der Waals surface area contributed by atoms with Gasteiger partial charge >= 0.3 is 0 Å². The first-order chi connectivity index (χ1) is 13.8. The standard InChI is InChI=1S/C24H23N3O/c1-27-20-8-4-3-7-19(20)23(12-5-2-6-13-23)24(27)16-26-22-18-11-14-25-15-17(18)9-10-21(22)28-24/h3-4,7-11,14-16H,2,5-6,12-13H2,1H3. The number of likely N-dealkylation sites (N-methyl/N-ethyl adjacent to an activating group) is 1. The first-order valence-corrected chi connectivity index (χ1v) is 10.2. The summed E-state index contributed by atoms with van der Waals surface area (Å²) in [6.45, 7) is 0. The number of aliphatic imine (C=N–C) groups is 1. The Morgan fingerprint density at radius 3 is 2.75 bits per heavy atom. The number of rotatable bonds is 0. The van der Waals surface area contributed by atoms with Crippen LogP contribution < -0.4 is 9.64 Å². The van der Waals surface area contributed by atoms with Gasteiger partial charge in [0.05, 0.1) is 11.6 Å². The van der Waals surface area contributed by atoms with E-state index in [4.69, 9.17) is 9.73 Å². The first kappa shape index (κ1) is 16.1. The normalized spacial score (nSPS) is 24.4. The van der Waals surface area contributed by atoms with Gasteiger partial charge in [0.2, 0.25) is 5.72 Å². The highest BCUT2D eigenvalue weighted by molar-refractivity contribution is 5.99. The maximum absolute atomic E-state index is 6.93. The molecule has 28 heavy (non-hydrogen) atoms. The molecule has 3 aliphatic rings. The lowest BCUT2D eigenvalue weighted by molar-refractivity contribution is 0.0400. The Morgan fingerprint density at radius 1 is 1.00 bits per heavy atom. The number of ether oxygens (including phenoxy) is 1. The quantitative estimate of drug-likeness (QED) is 0.534. The molecule has 0 radical (unpaired) electrons. The fourth-order valence-corrected chi connectivity index (χ4v) is 5.72. The van der Waals surface area contributed by atoms with Gasteiger partial charge < -0.3 is 9.64 Å². The SMILES string of the molecule is CN1c2ccccc2C2(CCCCC2)C12C=Nc1c(ccc3cnccc13)O2. The van der Waals surface area contributed by atoms with E-state index in [2.05, 4.69) is 59.5 Å². The van der Waals surface area contributed by atoms with Crippen LogP contribution in [-0.4, -0.2) is 24.0 Å². The summed E-state index contributed by atoms with van der Waals surface area (Å²) in [6, 6.07) is 15.0. The van der Waals surface area contributed by atoms with Crippen molar-refractivity contribution in [2.24, 2.45) is 4.99 Å². The molecule has 1 aromatic heterocycles. The van der Waals surface area contributed by atoms with Gasteiger partial charge in [0.15, 0.2) is 0 Å². The van der Waals surface area contributed by atoms with Crippen molar-refractivity contribution in [2.75, 3.05) is 11.9 Å². The minimum Gasteiger partial charge on any atom is -0.459 e. The Hall–Kier alpha value is -2.88. The molecule has 1 fully saturated rings. The maximum atomic E-state index is 6.93. The van der Waals surface area contributed by atoms with Gasteiger partial charge in [-0.25, -0.2) is 0 Å². The smallest absolute Gasteiger partial charge is 0.229 e. The average molecular weight is 369 g/mol. The van der Waals surface area contributed by atoms with Crippen molar-refractivity contribution in [2.45, 2.75) is 43.2 Å². The summed E-state index contributed by atoms with van der Waals surface area (Å²) in [5.74, 6) is 0.866. The molecule has 0 N–H and O–H groups in total. The van der Waals surface area contributed by atoms with Crippen LogP contribution in [0, 0.1) is 0 Å². The van der Waals surface area contributed by atoms with Crippen LogP contribution in [-0.2, 0) is 5.41 Å². The van der Waals surface area contributed by atoms with Crippen molar-refractivity contribution in [3.8, 4) is 5.75 Å². The van der Waals surface area contributed by atoms with Gasteiger partial charge in [-0.05, 0) is 42.7 Å². The maximum Gasteiger partial charge on any atom is 0.229 e. The second kappa shape index (κ2) is 5.57. The Morgan fingerprint density at radius 2 is 1.86 bits per heavy atom. The van der Waals surface area contributed by atoms with E-state index in [9.17, 15) is 0 Å². The number of aromatic nitrogens is 1. The van der Waals surface area contributed by atoms with E-state index in [1.165, 1.54) is 30.5 Å². The fourth-order valence-electron chi connectivity index (χ4n) is 5.72. The zero-order valence-corrected chi connectivity index (χ0v) is 16.1. The average Bonchev–Trinajstić information content (AvgIpc) is 2.94. The zero-order chi connectivity index (χ0) is 18.8. The molecule has 1 aliphatic carbocycles. The molecule has 2 aromatic carbocycles. The van der Waals surface area contributed by atoms with Crippen LogP contribution in [0.25, 0.3) is 10.8 Å². The van der Waals surface area contributed by atoms with Crippen LogP contribution in [0.4, 0.5) is 11.4 Å². The van der Waals surface area contributed by atoms with Gasteiger partial charge in [0, 0.05) is 35.9 Å². The number of hydrogen-bond acceptors (Lipinski definition) is 4. The molecule has 140 valence electrons. The number of anilines is 1. The zero-order valence-electron chi connectivity index (χ0n) is 16.1. The van der Waals surface area contributed by atoms with Crippen molar-refractivity contribution < 1.29 is 4.74 Å². The fraction of sp³-hybridized carbons (Fsp3) is 0.333. The minimum atomic E-state index is -0.565. The van der Waals surface area contributed by atoms with E-state index in [1.807, 2.05) is 18.5 Å². The van der Waals surface area contributed by atoms with Crippen LogP contribution in [0.15, 0.2) is 59.9 Å². The molecule has 3 heterocycles. The van der Waals surface area contributed by atoms with Crippen LogP contribution >= 0.6 is 0 Å². The molecule has 4 nitrogen and oxygen atoms in total. The van der Waals surface area contributed by atoms with Crippen molar-refractivity contribution >= 4 is 28.4 Å². The summed E-state index contributed by atoms with van der Waals surface area (Å²) in [7, 11) is 2.16. The summed E-state index contributed by atoms with van der Waals surface area (Å²) in [5.41, 5.74) is 2.98. The van der Waals surface area contributed by atoms with E-state index in [0.717, 1.165) is 35.1 Å². The molecule has 1 atom stereocenters. The summed E-state index contributed by atoms with van der Waals surface area (Å²) in [5, 5.41) is 2.18. The summed E-state index contributed by atoms with van der Waals surface area (Å²) in [6.07, 6.45) is 11.8. The molecule has 3 aromatic rings. The van der Waals surface area contributed by atoms with Crippen molar-refractivity contribution in [1.82, 2.24) is 4.98 Å². The second-order valence-electron chi connectivity index (χ2n) is 8.28. The second-order valence-corrected chi connectivity index (χ2v) is 8.28. The number of nitrogens with zero attached hydrogens (tertiary/aromatic N) is 3. The number of para-hydroxylation sites is 1. The van der Waals surface area contributed by atoms with Gasteiger partial charge in [-0.15, -0.1) is 0 Å². The molecular formula is C24H23N3O. The molecule has 1 saturated carbocycles. The van der Waals surface area contributed by atoms with E-state index in [-0.39, 0.29) is 5.41 Å². The van der Waals surface area contributed by atoms with Crippen molar-refractivity contribution in [3.05, 3.63) is 60.4 Å². The highest BCUT2D eigenvalue weighted by Crippen LogP contribution is 2.59. The van der Waals surface area contributed by atoms with Crippen LogP contribution in [0.5, 0.6) is 5.75 Å². The van der Waals surface area contributed by atoms with Gasteiger partial charge in [-0.3, -0.25) is 9.98 Å². The van der Waals surface area contributed by atoms with E-state index < -0.39 is 5.72 Å². The summed E-state index contributed by atoms with van der Waals surface area (Å²) in [4.78, 5) is 11.6. The molecule has 0 saturated heterocycles. The number of benzene rings is 2. The lowest BCUT2D eigenvalue weighted by Gasteiger charge is -2.49. The Labute approximate surface area is 164 Å². The Balaban J connectivity index is 1.58. The van der Waals surface area contributed by atoms with Gasteiger partial charge in [0.25, 0.3) is 0 Å². The predicted octanol–water partition coefficient (Wildman–Crippen LogP) is 5.38. The summed E-state index contributed by atoms with van der Waals surface area (Å²) < 4.78 is 6.93. The highest BCUT2D eigenvalue weighted by Gasteiger charge is 2.63. The molecule has 1 unspecified atom stereocenters. The predicted molar refractivity (Wildman–Crippen MR) is 113 cm³/mol. The van der Waals surface area contributed by atoms with Crippen molar-refractivity contribution in [3.63, 3.8) is 0 Å². The van der Waals surface area contributed by atoms with Crippen LogP contribution in [0.2, 0.25) is 0 Å². The number of pyridine rings is 1. The van der Waals surface area contributed by atoms with Gasteiger partial charge in [0.1, 0.15) is 11.4 Å². The molecule has 2 aliphatic heterocycles. The largest absolute Gasteiger partial charge is 0.459 e. The molecule has 0 bridgehead atoms. The lowest BCUT2D eigenvalue weighted by atomic mass is 9.64. The van der Waals surface area contributed by atoms with E-state index in [1.54, 1.807) is 0 Å². The third kappa shape index (κ3) is 1.85. The van der Waals surface area contributed by atoms with E-state index >= 15 is 0 Å². The lowest BCUT2D eigenvalue weighted by Crippen LogP contribution is -2.63. The van der Waals surface area contributed by atoms with Gasteiger partial charge in [-0.2, -0.15) is 0 Å². The third-order valence-corrected chi connectivity index (χ3v) is 7.06. The molecule has 2 spiro atoms. The number of hydrogen-bond donors (Lipinski definition) is 0. The van der Waals surface area contributed by atoms with E-state index in [0.29, 0.717) is 0 Å². The highest BCUT2D eigenvalue weighted by atomic mass is 16.5. The van der Waals surface area contributed by atoms with Crippen LogP contribution in [0.3, 0.4) is 0 Å². The van der Waals surface area contributed by atoms with Gasteiger partial charge in [-0.1, -0.05) is 37.5 Å². The molecule has 6 rings (SSSR count). The molecule has 0 amide bonds. The Kier molecular flexibility index (Phi) is 3.20. The molecule has 4 heteroatoms. The summed E-state index contributed by atoms with van der Waals surface area (Å²) >= 11 is 0. The monoisotopic (exact) mass is 369 g/mol. The van der Waals surface area contributed by atoms with Crippen molar-refractivity contribution in [1.29, 1.82) is 0 Å². The topological polar surface area (TPSA) is 37.7 Å². The minimum absolute atomic E-state index is 0.0506. The molecular weight excluding hydrogens is 346 g/mol. The Bertz CT molecular complexity index is 1120. The first-order valence-electron chi connectivity index (χ1n) is 10.2.